The molecule has 0 radical (unpaired) electrons. The van der Waals surface area contributed by atoms with Crippen LogP contribution in [0.5, 0.6) is 0 Å². The molecule has 9 heteroatoms. The van der Waals surface area contributed by atoms with Crippen LogP contribution in [0.2, 0.25) is 5.02 Å². The molecule has 0 N–H and O–H groups in total. The van der Waals surface area contributed by atoms with Gasteiger partial charge < -0.3 is 4.57 Å². The Morgan fingerprint density at radius 3 is 2.30 bits per heavy atom. The van der Waals surface area contributed by atoms with E-state index in [9.17, 15) is 12.6 Å². The highest BCUT2D eigenvalue weighted by Crippen LogP contribution is 2.19. The van der Waals surface area contributed by atoms with Gasteiger partial charge in [-0.3, -0.25) is 0 Å². The van der Waals surface area contributed by atoms with Gasteiger partial charge in [-0.1, -0.05) is 11.6 Å². The number of hydrogen-bond donors (Lipinski definition) is 0. The Hall–Kier alpha value is -1.38. The molecular formula is C11H12ClN3O3S2. The minimum atomic E-state index is -4.07. The third-order valence-corrected chi connectivity index (χ3v) is 6.50. The molecule has 0 saturated carbocycles. The molecule has 1 aromatic carbocycles. The number of aromatic nitrogens is 2. The van der Waals surface area contributed by atoms with Crippen LogP contribution in [0.3, 0.4) is 0 Å². The number of aryl methyl sites for hydroxylation is 1. The van der Waals surface area contributed by atoms with Crippen LogP contribution in [0.4, 0.5) is 0 Å². The molecule has 0 aliphatic heterocycles. The first-order valence-electron chi connectivity index (χ1n) is 5.43. The summed E-state index contributed by atoms with van der Waals surface area (Å²) in [5.74, 6) is 0. The van der Waals surface area contributed by atoms with Gasteiger partial charge in [-0.15, -0.1) is 3.77 Å². The van der Waals surface area contributed by atoms with Crippen LogP contribution in [-0.2, 0) is 26.8 Å². The van der Waals surface area contributed by atoms with Crippen LogP contribution in [0.1, 0.15) is 0 Å². The van der Waals surface area contributed by atoms with Gasteiger partial charge in [0.05, 0.1) is 16.1 Å². The molecule has 0 aliphatic carbocycles. The number of hydrogen-bond acceptors (Lipinski definition) is 4. The van der Waals surface area contributed by atoms with Gasteiger partial charge in [0, 0.05) is 29.4 Å². The van der Waals surface area contributed by atoms with Crippen molar-refractivity contribution in [3.63, 3.8) is 0 Å². The van der Waals surface area contributed by atoms with Crippen LogP contribution in [-0.4, -0.2) is 28.4 Å². The lowest BCUT2D eigenvalue weighted by Crippen LogP contribution is -2.05. The van der Waals surface area contributed by atoms with Gasteiger partial charge >= 0.3 is 10.0 Å². The first kappa shape index (κ1) is 15.0. The number of imidazole rings is 1. The minimum absolute atomic E-state index is 0.233. The summed E-state index contributed by atoms with van der Waals surface area (Å²) >= 11 is 5.74. The Kier molecular flexibility index (Phi) is 3.90. The lowest BCUT2D eigenvalue weighted by Gasteiger charge is -2.04. The van der Waals surface area contributed by atoms with Gasteiger partial charge in [-0.2, -0.15) is 8.42 Å². The number of sulfonamides is 1. The Morgan fingerprint density at radius 2 is 1.80 bits per heavy atom. The summed E-state index contributed by atoms with van der Waals surface area (Å²) in [4.78, 5) is 4.01. The monoisotopic (exact) mass is 333 g/mol. The molecule has 0 aliphatic rings. The predicted octanol–water partition coefficient (Wildman–Crippen LogP) is 1.92. The van der Waals surface area contributed by atoms with Gasteiger partial charge in [0.15, 0.2) is 5.03 Å². The fourth-order valence-electron chi connectivity index (χ4n) is 1.48. The first-order chi connectivity index (χ1) is 9.21. The zero-order valence-electron chi connectivity index (χ0n) is 10.7. The van der Waals surface area contributed by atoms with E-state index in [1.54, 1.807) is 7.05 Å². The average molecular weight is 334 g/mol. The molecule has 6 nitrogen and oxygen atoms in total. The van der Waals surface area contributed by atoms with E-state index < -0.39 is 19.8 Å². The maximum atomic E-state index is 12.5. The van der Waals surface area contributed by atoms with Crippen LogP contribution >= 0.6 is 11.6 Å². The zero-order valence-corrected chi connectivity index (χ0v) is 13.1. The summed E-state index contributed by atoms with van der Waals surface area (Å²) in [5, 5.41) is 0.236. The number of benzene rings is 1. The molecule has 0 bridgehead atoms. The fraction of sp³-hybridized carbons (Fsp3) is 0.182. The maximum absolute atomic E-state index is 12.5. The smallest absolute Gasteiger partial charge is 0.309 e. The molecule has 0 fully saturated rings. The number of rotatable bonds is 3. The SMILES string of the molecule is Cn1cnc(S(=O)(=O)N=S(C)(=O)c2ccc(Cl)cc2)c1. The van der Waals surface area contributed by atoms with E-state index in [1.165, 1.54) is 47.6 Å². The molecule has 2 aromatic rings. The largest absolute Gasteiger partial charge is 0.339 e. The highest BCUT2D eigenvalue weighted by Gasteiger charge is 2.19. The normalized spacial score (nSPS) is 14.8. The molecule has 1 unspecified atom stereocenters. The van der Waals surface area contributed by atoms with Crippen LogP contribution < -0.4 is 0 Å². The van der Waals surface area contributed by atoms with Crippen molar-refractivity contribution in [2.24, 2.45) is 10.8 Å². The van der Waals surface area contributed by atoms with E-state index in [1.807, 2.05) is 0 Å². The highest BCUT2D eigenvalue weighted by atomic mass is 35.5. The summed E-state index contributed by atoms with van der Waals surface area (Å²) < 4.78 is 41.6. The molecule has 20 heavy (non-hydrogen) atoms. The summed E-state index contributed by atoms with van der Waals surface area (Å²) in [5.41, 5.74) is 0. The van der Waals surface area contributed by atoms with Crippen LogP contribution in [0.15, 0.2) is 50.5 Å². The summed E-state index contributed by atoms with van der Waals surface area (Å²) in [7, 11) is -5.53. The van der Waals surface area contributed by atoms with E-state index in [-0.39, 0.29) is 5.03 Å². The second-order valence-electron chi connectivity index (χ2n) is 4.18. The molecule has 108 valence electrons. The van der Waals surface area contributed by atoms with Gasteiger partial charge in [0.25, 0.3) is 0 Å². The van der Waals surface area contributed by atoms with Crippen molar-refractivity contribution in [1.29, 1.82) is 0 Å². The molecule has 0 amide bonds. The fourth-order valence-corrected chi connectivity index (χ4v) is 4.87. The van der Waals surface area contributed by atoms with E-state index in [2.05, 4.69) is 8.75 Å². The number of halogens is 1. The van der Waals surface area contributed by atoms with Crippen molar-refractivity contribution in [2.45, 2.75) is 9.92 Å². The Balaban J connectivity index is 2.53. The van der Waals surface area contributed by atoms with Crippen LogP contribution in [0.25, 0.3) is 0 Å². The van der Waals surface area contributed by atoms with Crippen molar-refractivity contribution in [1.82, 2.24) is 9.55 Å². The lowest BCUT2D eigenvalue weighted by molar-refractivity contribution is 0.595. The maximum Gasteiger partial charge on any atom is 0.309 e. The number of nitrogens with zero attached hydrogens (tertiary/aromatic N) is 3. The second kappa shape index (κ2) is 5.19. The molecular weight excluding hydrogens is 322 g/mol. The van der Waals surface area contributed by atoms with Gasteiger partial charge in [0.2, 0.25) is 0 Å². The highest BCUT2D eigenvalue weighted by molar-refractivity contribution is 8.02. The zero-order chi connectivity index (χ0) is 15.0. The minimum Gasteiger partial charge on any atom is -0.339 e. The summed E-state index contributed by atoms with van der Waals surface area (Å²) in [6.07, 6.45) is 3.90. The standard InChI is InChI=1S/C11H12ClN3O3S2/c1-15-7-11(13-8-15)20(17,18)14-19(2,16)10-5-3-9(12)4-6-10/h3-8H,1-2H3. The topological polar surface area (TPSA) is 81.4 Å². The van der Waals surface area contributed by atoms with Gasteiger partial charge in [0.1, 0.15) is 0 Å². The molecule has 0 spiro atoms. The van der Waals surface area contributed by atoms with Crippen molar-refractivity contribution in [3.05, 3.63) is 41.8 Å². The van der Waals surface area contributed by atoms with Crippen LogP contribution in [0, 0.1) is 0 Å². The Morgan fingerprint density at radius 1 is 1.20 bits per heavy atom. The van der Waals surface area contributed by atoms with E-state index in [4.69, 9.17) is 11.6 Å². The molecule has 2 rings (SSSR count). The molecule has 0 saturated heterocycles. The predicted molar refractivity (Wildman–Crippen MR) is 76.6 cm³/mol. The quantitative estimate of drug-likeness (QED) is 0.859. The molecule has 1 heterocycles. The Labute approximate surface area is 122 Å². The summed E-state index contributed by atoms with van der Waals surface area (Å²) in [6, 6.07) is 6.04. The molecule has 1 aromatic heterocycles. The lowest BCUT2D eigenvalue weighted by atomic mass is 10.4. The van der Waals surface area contributed by atoms with Gasteiger partial charge in [-0.25, -0.2) is 9.19 Å². The van der Waals surface area contributed by atoms with E-state index >= 15 is 0 Å². The Bertz CT molecular complexity index is 847. The second-order valence-corrected chi connectivity index (χ2v) is 8.66. The third kappa shape index (κ3) is 3.20. The van der Waals surface area contributed by atoms with Crippen molar-refractivity contribution in [3.8, 4) is 0 Å². The third-order valence-electron chi connectivity index (χ3n) is 2.44. The van der Waals surface area contributed by atoms with Gasteiger partial charge in [-0.05, 0) is 24.3 Å². The van der Waals surface area contributed by atoms with E-state index in [0.717, 1.165) is 0 Å². The first-order valence-corrected chi connectivity index (χ1v) is 9.17. The van der Waals surface area contributed by atoms with Crippen molar-refractivity contribution < 1.29 is 12.6 Å². The van der Waals surface area contributed by atoms with Crippen molar-refractivity contribution >= 4 is 31.4 Å². The van der Waals surface area contributed by atoms with Crippen molar-refractivity contribution in [2.75, 3.05) is 6.26 Å². The average Bonchev–Trinajstić information content (AvgIpc) is 2.76. The summed E-state index contributed by atoms with van der Waals surface area (Å²) in [6.45, 7) is 0. The van der Waals surface area contributed by atoms with E-state index in [0.29, 0.717) is 9.92 Å². The molecule has 1 atom stereocenters.